The van der Waals surface area contributed by atoms with Gasteiger partial charge in [0.25, 0.3) is 0 Å². The van der Waals surface area contributed by atoms with Crippen LogP contribution in [0.1, 0.15) is 12.5 Å². The number of hydrogen-bond acceptors (Lipinski definition) is 2. The van der Waals surface area contributed by atoms with Crippen molar-refractivity contribution in [1.82, 2.24) is 0 Å². The molecule has 0 radical (unpaired) electrons. The van der Waals surface area contributed by atoms with Crippen molar-refractivity contribution in [1.29, 1.82) is 0 Å². The summed E-state index contributed by atoms with van der Waals surface area (Å²) >= 11 is 3.38. The van der Waals surface area contributed by atoms with Crippen LogP contribution in [0.4, 0.5) is 11.4 Å². The molecule has 0 fully saturated rings. The quantitative estimate of drug-likeness (QED) is 0.698. The Morgan fingerprint density at radius 3 is 3.00 bits per heavy atom. The van der Waals surface area contributed by atoms with E-state index in [9.17, 15) is 4.79 Å². The van der Waals surface area contributed by atoms with Crippen LogP contribution in [0.5, 0.6) is 0 Å². The summed E-state index contributed by atoms with van der Waals surface area (Å²) in [6.07, 6.45) is 0.755. The number of nitrogen functional groups attached to an aromatic ring is 1. The fourth-order valence-corrected chi connectivity index (χ4v) is 2.19. The van der Waals surface area contributed by atoms with Crippen molar-refractivity contribution in [3.8, 4) is 0 Å². The van der Waals surface area contributed by atoms with Crippen LogP contribution >= 0.6 is 15.9 Å². The van der Waals surface area contributed by atoms with Crippen molar-refractivity contribution in [3.05, 3.63) is 22.2 Å². The van der Waals surface area contributed by atoms with Gasteiger partial charge in [0.2, 0.25) is 5.91 Å². The molecule has 1 aromatic carbocycles. The summed E-state index contributed by atoms with van der Waals surface area (Å²) in [4.78, 5) is 11.4. The summed E-state index contributed by atoms with van der Waals surface area (Å²) in [5.74, 6) is 0.0720. The summed E-state index contributed by atoms with van der Waals surface area (Å²) in [6.45, 7) is 1.91. The second-order valence-electron chi connectivity index (χ2n) is 3.62. The predicted octanol–water partition coefficient (Wildman–Crippen LogP) is 2.16. The molecular weight excluding hydrogens is 244 g/mol. The molecule has 74 valence electrons. The number of carbonyl (C=O) groups excluding carboxylic acids is 1. The fraction of sp³-hybridized carbons (Fsp3) is 0.300. The van der Waals surface area contributed by atoms with E-state index in [0.29, 0.717) is 5.69 Å². The van der Waals surface area contributed by atoms with Gasteiger partial charge in [-0.15, -0.1) is 0 Å². The highest BCUT2D eigenvalue weighted by molar-refractivity contribution is 9.10. The van der Waals surface area contributed by atoms with Gasteiger partial charge in [0.1, 0.15) is 0 Å². The molecule has 1 aromatic rings. The van der Waals surface area contributed by atoms with E-state index in [-0.39, 0.29) is 11.8 Å². The summed E-state index contributed by atoms with van der Waals surface area (Å²) in [7, 11) is 0. The van der Waals surface area contributed by atoms with Crippen molar-refractivity contribution in [2.75, 3.05) is 11.1 Å². The number of anilines is 2. The van der Waals surface area contributed by atoms with Crippen molar-refractivity contribution >= 4 is 33.2 Å². The second kappa shape index (κ2) is 3.28. The number of amides is 1. The predicted molar refractivity (Wildman–Crippen MR) is 60.1 cm³/mol. The molecule has 1 amide bonds. The Kier molecular flexibility index (Phi) is 2.23. The maximum Gasteiger partial charge on any atom is 0.227 e. The molecule has 3 nitrogen and oxygen atoms in total. The van der Waals surface area contributed by atoms with Crippen LogP contribution in [0.25, 0.3) is 0 Å². The fourth-order valence-electron chi connectivity index (χ4n) is 1.67. The van der Waals surface area contributed by atoms with Gasteiger partial charge in [0, 0.05) is 10.4 Å². The normalized spacial score (nSPS) is 20.1. The number of nitrogens with two attached hydrogens (primary N) is 1. The SMILES string of the molecule is CC1Cc2cc(Br)cc(N)c2NC1=O. The van der Waals surface area contributed by atoms with Gasteiger partial charge < -0.3 is 11.1 Å². The number of carbonyl (C=O) groups is 1. The highest BCUT2D eigenvalue weighted by Gasteiger charge is 2.23. The number of hydrogen-bond donors (Lipinski definition) is 2. The monoisotopic (exact) mass is 254 g/mol. The first-order valence-electron chi connectivity index (χ1n) is 4.46. The summed E-state index contributed by atoms with van der Waals surface area (Å²) < 4.78 is 0.956. The number of fused-ring (bicyclic) bond motifs is 1. The standard InChI is InChI=1S/C10H11BrN2O/c1-5-2-6-3-7(11)4-8(12)9(6)13-10(5)14/h3-5H,2,12H2,1H3,(H,13,14). The molecule has 1 atom stereocenters. The summed E-state index contributed by atoms with van der Waals surface area (Å²) in [6, 6.07) is 3.80. The molecular formula is C10H11BrN2O. The Morgan fingerprint density at radius 1 is 1.57 bits per heavy atom. The summed E-state index contributed by atoms with van der Waals surface area (Å²) in [5.41, 5.74) is 8.30. The first kappa shape index (κ1) is 9.52. The molecule has 0 aromatic heterocycles. The Bertz CT molecular complexity index is 403. The van der Waals surface area contributed by atoms with Crippen LogP contribution in [-0.2, 0) is 11.2 Å². The Labute approximate surface area is 90.8 Å². The molecule has 1 heterocycles. The topological polar surface area (TPSA) is 55.1 Å². The van der Waals surface area contributed by atoms with E-state index in [1.54, 1.807) is 6.07 Å². The molecule has 0 spiro atoms. The van der Waals surface area contributed by atoms with E-state index in [1.165, 1.54) is 0 Å². The lowest BCUT2D eigenvalue weighted by molar-refractivity contribution is -0.119. The van der Waals surface area contributed by atoms with Crippen LogP contribution < -0.4 is 11.1 Å². The van der Waals surface area contributed by atoms with Crippen LogP contribution in [0.15, 0.2) is 16.6 Å². The first-order chi connectivity index (χ1) is 6.58. The number of benzene rings is 1. The van der Waals surface area contributed by atoms with E-state index in [0.717, 1.165) is 22.1 Å². The van der Waals surface area contributed by atoms with Gasteiger partial charge in [-0.3, -0.25) is 4.79 Å². The maximum atomic E-state index is 11.4. The molecule has 0 saturated heterocycles. The van der Waals surface area contributed by atoms with Crippen LogP contribution in [0.3, 0.4) is 0 Å². The molecule has 4 heteroatoms. The van der Waals surface area contributed by atoms with Crippen molar-refractivity contribution in [2.45, 2.75) is 13.3 Å². The molecule has 0 bridgehead atoms. The van der Waals surface area contributed by atoms with Crippen molar-refractivity contribution < 1.29 is 4.79 Å². The molecule has 3 N–H and O–H groups in total. The average molecular weight is 255 g/mol. The Morgan fingerprint density at radius 2 is 2.29 bits per heavy atom. The third kappa shape index (κ3) is 1.50. The van der Waals surface area contributed by atoms with E-state index in [2.05, 4.69) is 21.2 Å². The zero-order valence-corrected chi connectivity index (χ0v) is 9.39. The smallest absolute Gasteiger partial charge is 0.227 e. The van der Waals surface area contributed by atoms with Gasteiger partial charge in [-0.05, 0) is 24.1 Å². The van der Waals surface area contributed by atoms with E-state index in [1.807, 2.05) is 13.0 Å². The minimum Gasteiger partial charge on any atom is -0.397 e. The lowest BCUT2D eigenvalue weighted by atomic mass is 9.94. The molecule has 1 aliphatic heterocycles. The van der Waals surface area contributed by atoms with E-state index in [4.69, 9.17) is 5.73 Å². The molecule has 2 rings (SSSR count). The van der Waals surface area contributed by atoms with E-state index >= 15 is 0 Å². The van der Waals surface area contributed by atoms with Gasteiger partial charge in [0.15, 0.2) is 0 Å². The summed E-state index contributed by atoms with van der Waals surface area (Å²) in [5, 5.41) is 2.82. The number of nitrogens with one attached hydrogen (secondary N) is 1. The largest absolute Gasteiger partial charge is 0.397 e. The zero-order valence-electron chi connectivity index (χ0n) is 7.80. The average Bonchev–Trinajstić information content (AvgIpc) is 2.08. The Hall–Kier alpha value is -1.03. The highest BCUT2D eigenvalue weighted by atomic mass is 79.9. The third-order valence-electron chi connectivity index (χ3n) is 2.44. The first-order valence-corrected chi connectivity index (χ1v) is 5.26. The lowest BCUT2D eigenvalue weighted by Gasteiger charge is -2.23. The molecule has 0 aliphatic carbocycles. The van der Waals surface area contributed by atoms with Crippen LogP contribution in [0.2, 0.25) is 0 Å². The molecule has 1 unspecified atom stereocenters. The zero-order chi connectivity index (χ0) is 10.3. The third-order valence-corrected chi connectivity index (χ3v) is 2.90. The number of rotatable bonds is 0. The second-order valence-corrected chi connectivity index (χ2v) is 4.54. The Balaban J connectivity index is 2.51. The highest BCUT2D eigenvalue weighted by Crippen LogP contribution is 2.33. The minimum atomic E-state index is 0.0243. The lowest BCUT2D eigenvalue weighted by Crippen LogP contribution is -2.28. The van der Waals surface area contributed by atoms with Gasteiger partial charge >= 0.3 is 0 Å². The molecule has 0 saturated carbocycles. The van der Waals surface area contributed by atoms with Gasteiger partial charge in [-0.1, -0.05) is 22.9 Å². The van der Waals surface area contributed by atoms with Crippen LogP contribution in [0, 0.1) is 5.92 Å². The van der Waals surface area contributed by atoms with Gasteiger partial charge in [-0.25, -0.2) is 0 Å². The molecule has 14 heavy (non-hydrogen) atoms. The van der Waals surface area contributed by atoms with Gasteiger partial charge in [0.05, 0.1) is 11.4 Å². The minimum absolute atomic E-state index is 0.0243. The van der Waals surface area contributed by atoms with E-state index < -0.39 is 0 Å². The number of halogens is 1. The van der Waals surface area contributed by atoms with Crippen molar-refractivity contribution in [3.63, 3.8) is 0 Å². The molecule has 1 aliphatic rings. The van der Waals surface area contributed by atoms with Crippen molar-refractivity contribution in [2.24, 2.45) is 5.92 Å². The van der Waals surface area contributed by atoms with Crippen LogP contribution in [-0.4, -0.2) is 5.91 Å². The van der Waals surface area contributed by atoms with Gasteiger partial charge in [-0.2, -0.15) is 0 Å². The maximum absolute atomic E-state index is 11.4.